The van der Waals surface area contributed by atoms with Crippen LogP contribution in [0.3, 0.4) is 0 Å². The summed E-state index contributed by atoms with van der Waals surface area (Å²) in [6.45, 7) is 4.86. The van der Waals surface area contributed by atoms with E-state index in [1.54, 1.807) is 11.3 Å². The number of hydrogen-bond donors (Lipinski definition) is 2. The average Bonchev–Trinajstić information content (AvgIpc) is 3.28. The lowest BCUT2D eigenvalue weighted by Gasteiger charge is -2.31. The van der Waals surface area contributed by atoms with Gasteiger partial charge in [0.1, 0.15) is 0 Å². The Labute approximate surface area is 156 Å². The number of likely N-dealkylation sites (tertiary alicyclic amines) is 1. The van der Waals surface area contributed by atoms with E-state index in [-0.39, 0.29) is 5.91 Å². The maximum absolute atomic E-state index is 11.5. The van der Waals surface area contributed by atoms with Crippen LogP contribution < -0.4 is 5.32 Å². The Kier molecular flexibility index (Phi) is 4.99. The van der Waals surface area contributed by atoms with Crippen molar-refractivity contribution in [3.8, 4) is 0 Å². The van der Waals surface area contributed by atoms with Gasteiger partial charge in [-0.05, 0) is 37.6 Å². The summed E-state index contributed by atoms with van der Waals surface area (Å²) >= 11 is 1.57. The zero-order valence-corrected chi connectivity index (χ0v) is 15.7. The molecule has 26 heavy (non-hydrogen) atoms. The molecule has 3 aromatic rings. The molecule has 0 radical (unpaired) electrons. The van der Waals surface area contributed by atoms with E-state index < -0.39 is 0 Å². The molecule has 0 saturated carbocycles. The largest absolute Gasteiger partial charge is 0.357 e. The minimum atomic E-state index is 0.0105. The summed E-state index contributed by atoms with van der Waals surface area (Å²) in [5.41, 5.74) is 3.43. The van der Waals surface area contributed by atoms with Crippen LogP contribution in [-0.4, -0.2) is 38.8 Å². The van der Waals surface area contributed by atoms with E-state index in [9.17, 15) is 4.79 Å². The number of H-pyrrole nitrogens is 1. The second kappa shape index (κ2) is 7.55. The predicted molar refractivity (Wildman–Crippen MR) is 104 cm³/mol. The summed E-state index contributed by atoms with van der Waals surface area (Å²) in [7, 11) is 0. The first-order valence-corrected chi connectivity index (χ1v) is 9.93. The molecule has 4 heterocycles. The smallest absolute Gasteiger partial charge is 0.225 e. The summed E-state index contributed by atoms with van der Waals surface area (Å²) in [6.07, 6.45) is 6.58. The van der Waals surface area contributed by atoms with Crippen LogP contribution in [0.5, 0.6) is 0 Å². The molecule has 0 bridgehead atoms. The van der Waals surface area contributed by atoms with Gasteiger partial charge in [-0.2, -0.15) is 0 Å². The second-order valence-corrected chi connectivity index (χ2v) is 7.88. The number of amides is 1. The van der Waals surface area contributed by atoms with Crippen LogP contribution >= 0.6 is 11.3 Å². The third-order valence-corrected chi connectivity index (χ3v) is 5.75. The summed E-state index contributed by atoms with van der Waals surface area (Å²) in [5.74, 6) is 0.515. The summed E-state index contributed by atoms with van der Waals surface area (Å²) in [4.78, 5) is 27.4. The van der Waals surface area contributed by atoms with Gasteiger partial charge in [-0.1, -0.05) is 6.92 Å². The fraction of sp³-hybridized carbons (Fsp3) is 0.421. The summed E-state index contributed by atoms with van der Waals surface area (Å²) in [5, 5.41) is 3.53. The van der Waals surface area contributed by atoms with Crippen molar-refractivity contribution in [2.75, 3.05) is 18.4 Å². The first-order valence-electron chi connectivity index (χ1n) is 9.12. The first-order chi connectivity index (χ1) is 12.7. The lowest BCUT2D eigenvalue weighted by atomic mass is 9.95. The van der Waals surface area contributed by atoms with E-state index in [2.05, 4.69) is 37.3 Å². The molecule has 0 aromatic carbocycles. The Balaban J connectivity index is 1.41. The van der Waals surface area contributed by atoms with E-state index in [0.717, 1.165) is 30.7 Å². The molecular weight excluding hydrogens is 346 g/mol. The van der Waals surface area contributed by atoms with Gasteiger partial charge in [0.05, 0.1) is 11.0 Å². The maximum Gasteiger partial charge on any atom is 0.225 e. The van der Waals surface area contributed by atoms with Gasteiger partial charge < -0.3 is 10.3 Å². The quantitative estimate of drug-likeness (QED) is 0.718. The highest BCUT2D eigenvalue weighted by atomic mass is 32.1. The van der Waals surface area contributed by atoms with Crippen molar-refractivity contribution in [2.24, 2.45) is 0 Å². The molecule has 0 spiro atoms. The zero-order valence-electron chi connectivity index (χ0n) is 14.9. The van der Waals surface area contributed by atoms with Crippen molar-refractivity contribution < 1.29 is 4.79 Å². The highest BCUT2D eigenvalue weighted by molar-refractivity contribution is 7.15. The number of hydrogen-bond acceptors (Lipinski definition) is 5. The number of carbonyl (C=O) groups excluding carboxylic acids is 1. The van der Waals surface area contributed by atoms with Crippen LogP contribution in [0.25, 0.3) is 11.0 Å². The van der Waals surface area contributed by atoms with E-state index in [4.69, 9.17) is 0 Å². The summed E-state index contributed by atoms with van der Waals surface area (Å²) < 4.78 is 0. The number of anilines is 1. The van der Waals surface area contributed by atoms with Gasteiger partial charge in [-0.3, -0.25) is 14.7 Å². The molecule has 1 fully saturated rings. The van der Waals surface area contributed by atoms with Crippen molar-refractivity contribution in [2.45, 2.75) is 38.6 Å². The van der Waals surface area contributed by atoms with E-state index in [1.165, 1.54) is 23.4 Å². The van der Waals surface area contributed by atoms with Crippen molar-refractivity contribution >= 4 is 33.4 Å². The lowest BCUT2D eigenvalue weighted by Crippen LogP contribution is -2.33. The molecule has 7 heteroatoms. The molecular formula is C19H23N5OS. The molecule has 1 aliphatic rings. The van der Waals surface area contributed by atoms with Crippen LogP contribution in [-0.2, 0) is 11.3 Å². The van der Waals surface area contributed by atoms with Crippen molar-refractivity contribution in [1.82, 2.24) is 19.9 Å². The van der Waals surface area contributed by atoms with Gasteiger partial charge in [0.25, 0.3) is 0 Å². The molecule has 1 aliphatic heterocycles. The Morgan fingerprint density at radius 3 is 3.23 bits per heavy atom. The predicted octanol–water partition coefficient (Wildman–Crippen LogP) is 3.75. The molecule has 1 unspecified atom stereocenters. The standard InChI is InChI=1S/C19H23N5OS/c1-2-18(25)23-19-21-10-14(26-19)12-24-8-4-5-13(11-24)16-9-17-15(22-16)6-3-7-20-17/h3,6-7,9-10,13,22H,2,4-5,8,11-12H2,1H3,(H,21,23,25). The monoisotopic (exact) mass is 369 g/mol. The Hall–Kier alpha value is -2.25. The third-order valence-electron chi connectivity index (χ3n) is 4.86. The highest BCUT2D eigenvalue weighted by Gasteiger charge is 2.23. The molecule has 2 N–H and O–H groups in total. The Morgan fingerprint density at radius 2 is 2.38 bits per heavy atom. The fourth-order valence-corrected chi connectivity index (χ4v) is 4.39. The van der Waals surface area contributed by atoms with E-state index in [1.807, 2.05) is 25.4 Å². The molecule has 6 nitrogen and oxygen atoms in total. The van der Waals surface area contributed by atoms with Crippen LogP contribution in [0.15, 0.2) is 30.6 Å². The number of fused-ring (bicyclic) bond motifs is 1. The first kappa shape index (κ1) is 17.2. The molecule has 136 valence electrons. The second-order valence-electron chi connectivity index (χ2n) is 6.77. The SMILES string of the molecule is CCC(=O)Nc1ncc(CN2CCCC(c3cc4ncccc4[nH]3)C2)s1. The molecule has 1 amide bonds. The number of rotatable bonds is 5. The van der Waals surface area contributed by atoms with Gasteiger partial charge >= 0.3 is 0 Å². The van der Waals surface area contributed by atoms with Crippen LogP contribution in [0.4, 0.5) is 5.13 Å². The Morgan fingerprint density at radius 1 is 1.46 bits per heavy atom. The molecule has 3 aromatic heterocycles. The molecule has 1 saturated heterocycles. The van der Waals surface area contributed by atoms with E-state index >= 15 is 0 Å². The zero-order chi connectivity index (χ0) is 17.9. The van der Waals surface area contributed by atoms with Crippen LogP contribution in [0.2, 0.25) is 0 Å². The number of carbonyl (C=O) groups is 1. The highest BCUT2D eigenvalue weighted by Crippen LogP contribution is 2.30. The molecule has 4 rings (SSSR count). The van der Waals surface area contributed by atoms with Gasteiger partial charge in [-0.15, -0.1) is 11.3 Å². The summed E-state index contributed by atoms with van der Waals surface area (Å²) in [6, 6.07) is 6.24. The third kappa shape index (κ3) is 3.78. The molecule has 1 atom stereocenters. The molecule has 0 aliphatic carbocycles. The fourth-order valence-electron chi connectivity index (χ4n) is 3.52. The Bertz CT molecular complexity index is 869. The van der Waals surface area contributed by atoms with Crippen molar-refractivity contribution in [3.63, 3.8) is 0 Å². The van der Waals surface area contributed by atoms with Crippen molar-refractivity contribution in [1.29, 1.82) is 0 Å². The minimum absolute atomic E-state index is 0.0105. The van der Waals surface area contributed by atoms with E-state index in [0.29, 0.717) is 17.5 Å². The van der Waals surface area contributed by atoms with Gasteiger partial charge in [-0.25, -0.2) is 4.98 Å². The number of nitrogens with one attached hydrogen (secondary N) is 2. The van der Waals surface area contributed by atoms with Gasteiger partial charge in [0.2, 0.25) is 5.91 Å². The number of piperidine rings is 1. The number of pyridine rings is 1. The topological polar surface area (TPSA) is 73.9 Å². The number of aromatic nitrogens is 3. The number of nitrogens with zero attached hydrogens (tertiary/aromatic N) is 3. The normalized spacial score (nSPS) is 18.3. The number of thiazole rings is 1. The maximum atomic E-state index is 11.5. The number of aromatic amines is 1. The van der Waals surface area contributed by atoms with Gasteiger partial charge in [0.15, 0.2) is 5.13 Å². The average molecular weight is 369 g/mol. The lowest BCUT2D eigenvalue weighted by molar-refractivity contribution is -0.115. The van der Waals surface area contributed by atoms with Gasteiger partial charge in [0, 0.05) is 48.4 Å². The minimum Gasteiger partial charge on any atom is -0.357 e. The van der Waals surface area contributed by atoms with Crippen LogP contribution in [0.1, 0.15) is 42.7 Å². The van der Waals surface area contributed by atoms with Crippen molar-refractivity contribution in [3.05, 3.63) is 41.2 Å². The van der Waals surface area contributed by atoms with Crippen LogP contribution in [0, 0.1) is 0 Å².